The van der Waals surface area contributed by atoms with Gasteiger partial charge in [0.1, 0.15) is 0 Å². The van der Waals surface area contributed by atoms with Crippen LogP contribution in [0.1, 0.15) is 24.5 Å². The summed E-state index contributed by atoms with van der Waals surface area (Å²) in [6, 6.07) is 8.78. The second kappa shape index (κ2) is 4.56. The zero-order valence-corrected chi connectivity index (χ0v) is 10.4. The number of rotatable bonds is 3. The molecule has 1 saturated heterocycles. The Bertz CT molecular complexity index is 358. The van der Waals surface area contributed by atoms with Gasteiger partial charge in [-0.1, -0.05) is 29.8 Å². The molecule has 1 aromatic rings. The van der Waals surface area contributed by atoms with E-state index in [-0.39, 0.29) is 5.54 Å². The highest BCUT2D eigenvalue weighted by Gasteiger charge is 2.28. The summed E-state index contributed by atoms with van der Waals surface area (Å²) < 4.78 is 0. The molecule has 2 N–H and O–H groups in total. The smallest absolute Gasteiger partial charge is 0.0267 e. The molecule has 0 amide bonds. The summed E-state index contributed by atoms with van der Waals surface area (Å²) in [5, 5.41) is 0. The van der Waals surface area contributed by atoms with Gasteiger partial charge in [-0.15, -0.1) is 0 Å². The molecule has 0 aliphatic carbocycles. The normalized spacial score (nSPS) is 26.2. The van der Waals surface area contributed by atoms with Crippen LogP contribution in [0.3, 0.4) is 0 Å². The van der Waals surface area contributed by atoms with Gasteiger partial charge in [-0.05, 0) is 32.3 Å². The Balaban J connectivity index is 1.84. The molecule has 1 heterocycles. The molecule has 1 fully saturated rings. The van der Waals surface area contributed by atoms with E-state index in [1.54, 1.807) is 0 Å². The number of nitrogens with two attached hydrogens (primary N) is 1. The Kier molecular flexibility index (Phi) is 3.31. The minimum absolute atomic E-state index is 0.0343. The third-order valence-corrected chi connectivity index (χ3v) is 3.38. The fraction of sp³-hybridized carbons (Fsp3) is 0.571. The van der Waals surface area contributed by atoms with Crippen molar-refractivity contribution in [3.63, 3.8) is 0 Å². The van der Waals surface area contributed by atoms with Crippen molar-refractivity contribution in [2.24, 2.45) is 5.73 Å². The molecule has 1 aliphatic rings. The van der Waals surface area contributed by atoms with Crippen molar-refractivity contribution in [1.29, 1.82) is 0 Å². The Morgan fingerprint density at radius 3 is 2.88 bits per heavy atom. The van der Waals surface area contributed by atoms with Crippen LogP contribution in [0.2, 0.25) is 0 Å². The minimum atomic E-state index is 0.0343. The van der Waals surface area contributed by atoms with Crippen LogP contribution in [0, 0.1) is 6.92 Å². The summed E-state index contributed by atoms with van der Waals surface area (Å²) in [6.45, 7) is 7.63. The van der Waals surface area contributed by atoms with Gasteiger partial charge in [-0.25, -0.2) is 0 Å². The summed E-state index contributed by atoms with van der Waals surface area (Å²) in [5.74, 6) is 0. The summed E-state index contributed by atoms with van der Waals surface area (Å²) in [5.41, 5.74) is 8.94. The molecule has 1 aliphatic heterocycles. The highest BCUT2D eigenvalue weighted by atomic mass is 15.2. The lowest BCUT2D eigenvalue weighted by molar-refractivity contribution is 0.321. The van der Waals surface area contributed by atoms with E-state index in [4.69, 9.17) is 5.73 Å². The predicted molar refractivity (Wildman–Crippen MR) is 68.5 cm³/mol. The molecule has 0 radical (unpaired) electrons. The van der Waals surface area contributed by atoms with E-state index in [2.05, 4.69) is 43.0 Å². The molecule has 0 bridgehead atoms. The second-order valence-electron chi connectivity index (χ2n) is 5.42. The first kappa shape index (κ1) is 11.6. The van der Waals surface area contributed by atoms with Crippen LogP contribution >= 0.6 is 0 Å². The number of aryl methyl sites for hydroxylation is 1. The first-order valence-electron chi connectivity index (χ1n) is 6.12. The molecular formula is C14H22N2. The van der Waals surface area contributed by atoms with Crippen LogP contribution in [-0.4, -0.2) is 30.1 Å². The Morgan fingerprint density at radius 1 is 1.44 bits per heavy atom. The lowest BCUT2D eigenvalue weighted by Gasteiger charge is -2.19. The third-order valence-electron chi connectivity index (χ3n) is 3.38. The Hall–Kier alpha value is -0.860. The average molecular weight is 218 g/mol. The van der Waals surface area contributed by atoms with Crippen molar-refractivity contribution in [3.8, 4) is 0 Å². The van der Waals surface area contributed by atoms with Gasteiger partial charge in [0.2, 0.25) is 0 Å². The first-order chi connectivity index (χ1) is 7.55. The van der Waals surface area contributed by atoms with Gasteiger partial charge in [-0.3, -0.25) is 0 Å². The molecule has 1 unspecified atom stereocenters. The summed E-state index contributed by atoms with van der Waals surface area (Å²) in [4.78, 5) is 2.47. The number of hydrogen-bond acceptors (Lipinski definition) is 2. The maximum absolute atomic E-state index is 6.12. The minimum Gasteiger partial charge on any atom is -0.324 e. The number of benzene rings is 1. The lowest BCUT2D eigenvalue weighted by Crippen LogP contribution is -2.39. The molecule has 1 aromatic carbocycles. The van der Waals surface area contributed by atoms with E-state index in [0.717, 1.165) is 32.5 Å². The molecule has 2 nitrogen and oxygen atoms in total. The molecule has 1 atom stereocenters. The van der Waals surface area contributed by atoms with Crippen LogP contribution in [0.5, 0.6) is 0 Å². The van der Waals surface area contributed by atoms with Gasteiger partial charge in [0.05, 0.1) is 0 Å². The van der Waals surface area contributed by atoms with E-state index in [0.29, 0.717) is 0 Å². The zero-order valence-electron chi connectivity index (χ0n) is 10.4. The lowest BCUT2D eigenvalue weighted by atomic mass is 10.0. The molecule has 2 rings (SSSR count). The van der Waals surface area contributed by atoms with Crippen molar-refractivity contribution >= 4 is 0 Å². The van der Waals surface area contributed by atoms with E-state index in [1.165, 1.54) is 11.1 Å². The molecule has 16 heavy (non-hydrogen) atoms. The number of nitrogens with zero attached hydrogens (tertiary/aromatic N) is 1. The van der Waals surface area contributed by atoms with Crippen molar-refractivity contribution in [1.82, 2.24) is 4.90 Å². The zero-order chi connectivity index (χ0) is 11.6. The van der Waals surface area contributed by atoms with Crippen LogP contribution in [0.4, 0.5) is 0 Å². The highest BCUT2D eigenvalue weighted by molar-refractivity contribution is 5.22. The van der Waals surface area contributed by atoms with Gasteiger partial charge in [0.25, 0.3) is 0 Å². The molecule has 0 spiro atoms. The van der Waals surface area contributed by atoms with Gasteiger partial charge in [-0.2, -0.15) is 0 Å². The quantitative estimate of drug-likeness (QED) is 0.840. The number of likely N-dealkylation sites (tertiary alicyclic amines) is 1. The molecule has 88 valence electrons. The fourth-order valence-corrected chi connectivity index (χ4v) is 2.43. The van der Waals surface area contributed by atoms with Crippen molar-refractivity contribution in [2.75, 3.05) is 19.6 Å². The third kappa shape index (κ3) is 3.06. The monoisotopic (exact) mass is 218 g/mol. The first-order valence-corrected chi connectivity index (χ1v) is 6.12. The van der Waals surface area contributed by atoms with Crippen molar-refractivity contribution in [3.05, 3.63) is 35.4 Å². The molecule has 2 heteroatoms. The predicted octanol–water partition coefficient (Wildman–Crippen LogP) is 1.96. The van der Waals surface area contributed by atoms with Crippen LogP contribution in [0.15, 0.2) is 24.3 Å². The second-order valence-corrected chi connectivity index (χ2v) is 5.42. The Labute approximate surface area is 98.4 Å². The molecular weight excluding hydrogens is 196 g/mol. The molecule has 0 saturated carbocycles. The number of hydrogen-bond donors (Lipinski definition) is 1. The SMILES string of the molecule is Cc1cccc(CCN2CCC(C)(N)C2)c1. The molecule has 0 aromatic heterocycles. The van der Waals surface area contributed by atoms with Crippen LogP contribution in [-0.2, 0) is 6.42 Å². The largest absolute Gasteiger partial charge is 0.324 e. The summed E-state index contributed by atoms with van der Waals surface area (Å²) in [7, 11) is 0. The highest BCUT2D eigenvalue weighted by Crippen LogP contribution is 2.18. The van der Waals surface area contributed by atoms with Crippen LogP contribution in [0.25, 0.3) is 0 Å². The summed E-state index contributed by atoms with van der Waals surface area (Å²) in [6.07, 6.45) is 2.26. The van der Waals surface area contributed by atoms with Gasteiger partial charge in [0.15, 0.2) is 0 Å². The fourth-order valence-electron chi connectivity index (χ4n) is 2.43. The van der Waals surface area contributed by atoms with Gasteiger partial charge in [0, 0.05) is 25.2 Å². The van der Waals surface area contributed by atoms with Gasteiger partial charge >= 0.3 is 0 Å². The topological polar surface area (TPSA) is 29.3 Å². The van der Waals surface area contributed by atoms with E-state index in [9.17, 15) is 0 Å². The van der Waals surface area contributed by atoms with Crippen LogP contribution < -0.4 is 5.73 Å². The van der Waals surface area contributed by atoms with Crippen molar-refractivity contribution in [2.45, 2.75) is 32.2 Å². The van der Waals surface area contributed by atoms with Crippen molar-refractivity contribution < 1.29 is 0 Å². The summed E-state index contributed by atoms with van der Waals surface area (Å²) >= 11 is 0. The van der Waals surface area contributed by atoms with Gasteiger partial charge < -0.3 is 10.6 Å². The Morgan fingerprint density at radius 2 is 2.25 bits per heavy atom. The van der Waals surface area contributed by atoms with E-state index < -0.39 is 0 Å². The van der Waals surface area contributed by atoms with E-state index in [1.807, 2.05) is 0 Å². The average Bonchev–Trinajstić information content (AvgIpc) is 2.56. The maximum atomic E-state index is 6.12. The maximum Gasteiger partial charge on any atom is 0.0267 e. The van der Waals surface area contributed by atoms with E-state index >= 15 is 0 Å². The standard InChI is InChI=1S/C14H22N2/c1-12-4-3-5-13(10-12)6-8-16-9-7-14(2,15)11-16/h3-5,10H,6-9,11,15H2,1-2H3.